The maximum atomic E-state index is 11.7. The maximum Gasteiger partial charge on any atom is 0.315 e. The first kappa shape index (κ1) is 13.8. The quantitative estimate of drug-likeness (QED) is 0.781. The Morgan fingerprint density at radius 2 is 2.32 bits per heavy atom. The lowest BCUT2D eigenvalue weighted by molar-refractivity contribution is -0.141. The monoisotopic (exact) mass is 283 g/mol. The molecule has 104 valence electrons. The van der Waals surface area contributed by atoms with E-state index in [9.17, 15) is 9.59 Å². The molecule has 0 radical (unpaired) electrons. The molecule has 6 nitrogen and oxygen atoms in total. The zero-order valence-electron chi connectivity index (χ0n) is 10.7. The van der Waals surface area contributed by atoms with Gasteiger partial charge in [0.25, 0.3) is 0 Å². The van der Waals surface area contributed by atoms with Gasteiger partial charge in [0.2, 0.25) is 0 Å². The van der Waals surface area contributed by atoms with Crippen molar-refractivity contribution in [2.75, 3.05) is 0 Å². The molecule has 2 amide bonds. The molecule has 0 aromatic carbocycles. The molecule has 0 saturated heterocycles. The van der Waals surface area contributed by atoms with Crippen LogP contribution in [0.5, 0.6) is 0 Å². The average Bonchev–Trinajstić information content (AvgIpc) is 2.96. The van der Waals surface area contributed by atoms with Crippen LogP contribution in [0, 0.1) is 12.8 Å². The fourth-order valence-electron chi connectivity index (χ4n) is 2.23. The lowest BCUT2D eigenvalue weighted by Gasteiger charge is -2.12. The van der Waals surface area contributed by atoms with Crippen molar-refractivity contribution in [3.05, 3.63) is 16.1 Å². The zero-order valence-corrected chi connectivity index (χ0v) is 11.5. The molecule has 0 bridgehead atoms. The van der Waals surface area contributed by atoms with Crippen molar-refractivity contribution >= 4 is 23.3 Å². The summed E-state index contributed by atoms with van der Waals surface area (Å²) in [5.74, 6) is -1.10. The van der Waals surface area contributed by atoms with Crippen LogP contribution < -0.4 is 10.6 Å². The second-order valence-electron chi connectivity index (χ2n) is 4.73. The molecule has 1 aliphatic carbocycles. The van der Waals surface area contributed by atoms with Crippen molar-refractivity contribution in [1.82, 2.24) is 15.6 Å². The third-order valence-corrected chi connectivity index (χ3v) is 4.04. The highest BCUT2D eigenvalue weighted by molar-refractivity contribution is 7.09. The summed E-state index contributed by atoms with van der Waals surface area (Å²) in [4.78, 5) is 26.7. The van der Waals surface area contributed by atoms with Gasteiger partial charge in [-0.15, -0.1) is 11.3 Å². The number of nitrogens with zero attached hydrogens (tertiary/aromatic N) is 1. The van der Waals surface area contributed by atoms with Crippen molar-refractivity contribution in [3.8, 4) is 0 Å². The van der Waals surface area contributed by atoms with Crippen LogP contribution in [0.25, 0.3) is 0 Å². The van der Waals surface area contributed by atoms with E-state index in [1.165, 1.54) is 0 Å². The van der Waals surface area contributed by atoms with Gasteiger partial charge in [-0.2, -0.15) is 0 Å². The van der Waals surface area contributed by atoms with Crippen LogP contribution in [0.4, 0.5) is 4.79 Å². The fourth-order valence-corrected chi connectivity index (χ4v) is 2.85. The number of rotatable bonds is 4. The van der Waals surface area contributed by atoms with Crippen LogP contribution in [-0.4, -0.2) is 28.1 Å². The van der Waals surface area contributed by atoms with Crippen LogP contribution in [0.1, 0.15) is 30.0 Å². The van der Waals surface area contributed by atoms with Crippen LogP contribution >= 0.6 is 11.3 Å². The number of thiazole rings is 1. The number of carboxylic acids is 1. The summed E-state index contributed by atoms with van der Waals surface area (Å²) >= 11 is 1.54. The van der Waals surface area contributed by atoms with Gasteiger partial charge in [0.15, 0.2) is 0 Å². The van der Waals surface area contributed by atoms with Crippen LogP contribution in [0.3, 0.4) is 0 Å². The summed E-state index contributed by atoms with van der Waals surface area (Å²) in [7, 11) is 0. The molecule has 1 fully saturated rings. The number of carboxylic acid groups (broad SMARTS) is 1. The largest absolute Gasteiger partial charge is 0.481 e. The van der Waals surface area contributed by atoms with E-state index in [0.717, 1.165) is 17.1 Å². The second kappa shape index (κ2) is 6.01. The van der Waals surface area contributed by atoms with E-state index in [4.69, 9.17) is 5.11 Å². The summed E-state index contributed by atoms with van der Waals surface area (Å²) in [6.07, 6.45) is 1.87. The highest BCUT2D eigenvalue weighted by Gasteiger charge is 2.30. The molecule has 7 heteroatoms. The number of carbonyl (C=O) groups excluding carboxylic acids is 1. The SMILES string of the molecule is Cc1nc(CNC(=O)N[C@H]2CC[C@@H](C(=O)O)C2)cs1. The second-order valence-corrected chi connectivity index (χ2v) is 5.79. The third-order valence-electron chi connectivity index (χ3n) is 3.21. The normalized spacial score (nSPS) is 22.2. The molecular weight excluding hydrogens is 266 g/mol. The van der Waals surface area contributed by atoms with Gasteiger partial charge in [0.1, 0.15) is 0 Å². The first-order valence-corrected chi connectivity index (χ1v) is 7.10. The smallest absolute Gasteiger partial charge is 0.315 e. The lowest BCUT2D eigenvalue weighted by atomic mass is 10.1. The van der Waals surface area contributed by atoms with Crippen molar-refractivity contribution in [1.29, 1.82) is 0 Å². The summed E-state index contributed by atoms with van der Waals surface area (Å²) in [5.41, 5.74) is 0.840. The fraction of sp³-hybridized carbons (Fsp3) is 0.583. The Balaban J connectivity index is 1.72. The van der Waals surface area contributed by atoms with Gasteiger partial charge in [-0.05, 0) is 26.2 Å². The van der Waals surface area contributed by atoms with E-state index in [2.05, 4.69) is 15.6 Å². The molecular formula is C12H17N3O3S. The number of aryl methyl sites for hydroxylation is 1. The standard InChI is InChI=1S/C12H17N3O3S/c1-7-14-10(6-19-7)5-13-12(18)15-9-3-2-8(4-9)11(16)17/h6,8-9H,2-5H2,1H3,(H,16,17)(H2,13,15,18)/t8-,9+/m1/s1. The molecule has 2 atom stereocenters. The van der Waals surface area contributed by atoms with Gasteiger partial charge in [0, 0.05) is 11.4 Å². The van der Waals surface area contributed by atoms with Crippen LogP contribution in [0.15, 0.2) is 5.38 Å². The molecule has 1 saturated carbocycles. The third kappa shape index (κ3) is 3.92. The minimum Gasteiger partial charge on any atom is -0.481 e. The molecule has 1 aromatic rings. The number of hydrogen-bond donors (Lipinski definition) is 3. The first-order valence-electron chi connectivity index (χ1n) is 6.23. The van der Waals surface area contributed by atoms with Crippen molar-refractivity contribution in [2.45, 2.75) is 38.8 Å². The Bertz CT molecular complexity index is 475. The van der Waals surface area contributed by atoms with E-state index < -0.39 is 5.97 Å². The van der Waals surface area contributed by atoms with E-state index in [1.807, 2.05) is 12.3 Å². The summed E-state index contributed by atoms with van der Waals surface area (Å²) in [6.45, 7) is 2.31. The molecule has 19 heavy (non-hydrogen) atoms. The molecule has 3 N–H and O–H groups in total. The van der Waals surface area contributed by atoms with Gasteiger partial charge in [-0.25, -0.2) is 9.78 Å². The number of carbonyl (C=O) groups is 2. The number of amides is 2. The Morgan fingerprint density at radius 1 is 1.53 bits per heavy atom. The Labute approximate surface area is 115 Å². The molecule has 0 unspecified atom stereocenters. The van der Waals surface area contributed by atoms with Gasteiger partial charge in [0.05, 0.1) is 23.2 Å². The number of urea groups is 1. The molecule has 1 heterocycles. The minimum absolute atomic E-state index is 0.0433. The number of aromatic nitrogens is 1. The van der Waals surface area contributed by atoms with E-state index in [1.54, 1.807) is 11.3 Å². The van der Waals surface area contributed by atoms with Crippen molar-refractivity contribution in [2.24, 2.45) is 5.92 Å². The molecule has 1 aromatic heterocycles. The zero-order chi connectivity index (χ0) is 13.8. The maximum absolute atomic E-state index is 11.7. The van der Waals surface area contributed by atoms with E-state index in [0.29, 0.717) is 19.4 Å². The first-order chi connectivity index (χ1) is 9.04. The van der Waals surface area contributed by atoms with Crippen molar-refractivity contribution < 1.29 is 14.7 Å². The molecule has 0 aliphatic heterocycles. The predicted molar refractivity (Wildman–Crippen MR) is 71.0 cm³/mol. The van der Waals surface area contributed by atoms with Gasteiger partial charge in [-0.1, -0.05) is 0 Å². The lowest BCUT2D eigenvalue weighted by Crippen LogP contribution is -2.40. The summed E-state index contributed by atoms with van der Waals surface area (Å²) < 4.78 is 0. The van der Waals surface area contributed by atoms with Crippen LogP contribution in [-0.2, 0) is 11.3 Å². The summed E-state index contributed by atoms with van der Waals surface area (Å²) in [5, 5.41) is 17.3. The Morgan fingerprint density at radius 3 is 2.89 bits per heavy atom. The highest BCUT2D eigenvalue weighted by atomic mass is 32.1. The van der Waals surface area contributed by atoms with Gasteiger partial charge >= 0.3 is 12.0 Å². The van der Waals surface area contributed by atoms with E-state index >= 15 is 0 Å². The molecule has 1 aliphatic rings. The Kier molecular flexibility index (Phi) is 4.36. The highest BCUT2D eigenvalue weighted by Crippen LogP contribution is 2.25. The Hall–Kier alpha value is -1.63. The van der Waals surface area contributed by atoms with E-state index in [-0.39, 0.29) is 18.0 Å². The minimum atomic E-state index is -0.775. The topological polar surface area (TPSA) is 91.3 Å². The summed E-state index contributed by atoms with van der Waals surface area (Å²) in [6, 6.07) is -0.306. The van der Waals surface area contributed by atoms with Crippen LogP contribution in [0.2, 0.25) is 0 Å². The molecule has 0 spiro atoms. The predicted octanol–water partition coefficient (Wildman–Crippen LogP) is 1.50. The van der Waals surface area contributed by atoms with Crippen molar-refractivity contribution in [3.63, 3.8) is 0 Å². The van der Waals surface area contributed by atoms with Gasteiger partial charge < -0.3 is 15.7 Å². The number of aliphatic carboxylic acids is 1. The number of nitrogens with one attached hydrogen (secondary N) is 2. The number of hydrogen-bond acceptors (Lipinski definition) is 4. The molecule has 2 rings (SSSR count). The average molecular weight is 283 g/mol. The van der Waals surface area contributed by atoms with Gasteiger partial charge in [-0.3, -0.25) is 4.79 Å².